The minimum atomic E-state index is 0.170. The molecular formula is C15H20BrNO. The van der Waals surface area contributed by atoms with Crippen LogP contribution in [0.3, 0.4) is 0 Å². The van der Waals surface area contributed by atoms with E-state index >= 15 is 0 Å². The minimum Gasteiger partial charge on any atom is -0.339 e. The Morgan fingerprint density at radius 3 is 2.33 bits per heavy atom. The van der Waals surface area contributed by atoms with Gasteiger partial charge in [0.15, 0.2) is 0 Å². The normalized spacial score (nSPS) is 17.1. The topological polar surface area (TPSA) is 20.3 Å². The highest BCUT2D eigenvalue weighted by Gasteiger charge is 2.18. The summed E-state index contributed by atoms with van der Waals surface area (Å²) in [4.78, 5) is 14.5. The van der Waals surface area contributed by atoms with Crippen molar-refractivity contribution >= 4 is 21.8 Å². The van der Waals surface area contributed by atoms with Gasteiger partial charge in [-0.3, -0.25) is 4.79 Å². The van der Waals surface area contributed by atoms with Crippen LogP contribution in [-0.4, -0.2) is 23.9 Å². The van der Waals surface area contributed by atoms with Gasteiger partial charge in [0.2, 0.25) is 0 Å². The van der Waals surface area contributed by atoms with Gasteiger partial charge in [-0.1, -0.05) is 25.3 Å². The Kier molecular flexibility index (Phi) is 4.81. The number of rotatable bonds is 1. The SMILES string of the molecule is Cc1ccc(C(=O)N2CCCCCCC2)c(Br)c1. The molecule has 18 heavy (non-hydrogen) atoms. The van der Waals surface area contributed by atoms with Crippen molar-refractivity contribution in [3.8, 4) is 0 Å². The molecule has 0 aliphatic carbocycles. The monoisotopic (exact) mass is 309 g/mol. The molecule has 0 unspecified atom stereocenters. The molecule has 2 nitrogen and oxygen atoms in total. The maximum absolute atomic E-state index is 12.5. The largest absolute Gasteiger partial charge is 0.339 e. The van der Waals surface area contributed by atoms with Crippen LogP contribution < -0.4 is 0 Å². The molecule has 2 rings (SSSR count). The summed E-state index contributed by atoms with van der Waals surface area (Å²) in [5.41, 5.74) is 1.97. The fourth-order valence-corrected chi connectivity index (χ4v) is 3.08. The number of nitrogens with zero attached hydrogens (tertiary/aromatic N) is 1. The van der Waals surface area contributed by atoms with Crippen molar-refractivity contribution in [2.24, 2.45) is 0 Å². The molecular weight excluding hydrogens is 290 g/mol. The van der Waals surface area contributed by atoms with E-state index in [9.17, 15) is 4.79 Å². The zero-order chi connectivity index (χ0) is 13.0. The van der Waals surface area contributed by atoms with Crippen molar-refractivity contribution in [1.82, 2.24) is 4.90 Å². The van der Waals surface area contributed by atoms with Gasteiger partial charge in [-0.2, -0.15) is 0 Å². The third kappa shape index (κ3) is 3.35. The molecule has 1 aliphatic rings. The van der Waals surface area contributed by atoms with Crippen molar-refractivity contribution in [3.63, 3.8) is 0 Å². The number of carbonyl (C=O) groups excluding carboxylic acids is 1. The number of aryl methyl sites for hydroxylation is 1. The summed E-state index contributed by atoms with van der Waals surface area (Å²) in [5, 5.41) is 0. The Morgan fingerprint density at radius 1 is 1.11 bits per heavy atom. The van der Waals surface area contributed by atoms with Crippen LogP contribution >= 0.6 is 15.9 Å². The number of carbonyl (C=O) groups is 1. The van der Waals surface area contributed by atoms with Gasteiger partial charge in [-0.15, -0.1) is 0 Å². The Bertz CT molecular complexity index is 423. The summed E-state index contributed by atoms with van der Waals surface area (Å²) in [5.74, 6) is 0.170. The molecule has 1 saturated heterocycles. The van der Waals surface area contributed by atoms with Crippen LogP contribution in [0.4, 0.5) is 0 Å². The second kappa shape index (κ2) is 6.37. The molecule has 0 saturated carbocycles. The number of halogens is 1. The van der Waals surface area contributed by atoms with Gasteiger partial charge in [0, 0.05) is 17.6 Å². The molecule has 3 heteroatoms. The van der Waals surface area contributed by atoms with Crippen LogP contribution in [0.1, 0.15) is 48.0 Å². The first-order chi connectivity index (χ1) is 8.68. The zero-order valence-corrected chi connectivity index (χ0v) is 12.5. The second-order valence-electron chi connectivity index (χ2n) is 5.04. The average Bonchev–Trinajstić information content (AvgIpc) is 2.27. The predicted octanol–water partition coefficient (Wildman–Crippen LogP) is 4.16. The fraction of sp³-hybridized carbons (Fsp3) is 0.533. The molecule has 0 N–H and O–H groups in total. The van der Waals surface area contributed by atoms with Gasteiger partial charge in [-0.05, 0) is 53.4 Å². The van der Waals surface area contributed by atoms with Gasteiger partial charge in [0.1, 0.15) is 0 Å². The van der Waals surface area contributed by atoms with E-state index in [1.54, 1.807) is 0 Å². The zero-order valence-electron chi connectivity index (χ0n) is 10.9. The number of hydrogen-bond donors (Lipinski definition) is 0. The smallest absolute Gasteiger partial charge is 0.254 e. The van der Waals surface area contributed by atoms with E-state index in [1.807, 2.05) is 30.0 Å². The molecule has 1 heterocycles. The number of likely N-dealkylation sites (tertiary alicyclic amines) is 1. The van der Waals surface area contributed by atoms with E-state index in [1.165, 1.54) is 24.8 Å². The molecule has 1 fully saturated rings. The van der Waals surface area contributed by atoms with Crippen molar-refractivity contribution in [2.75, 3.05) is 13.1 Å². The number of benzene rings is 1. The predicted molar refractivity (Wildman–Crippen MR) is 77.9 cm³/mol. The Morgan fingerprint density at radius 2 is 1.72 bits per heavy atom. The van der Waals surface area contributed by atoms with E-state index < -0.39 is 0 Å². The minimum absolute atomic E-state index is 0.170. The van der Waals surface area contributed by atoms with Crippen LogP contribution in [0.5, 0.6) is 0 Å². The first-order valence-corrected chi connectivity index (χ1v) is 7.53. The summed E-state index contributed by atoms with van der Waals surface area (Å²) >= 11 is 3.50. The van der Waals surface area contributed by atoms with E-state index in [0.717, 1.165) is 36.0 Å². The van der Waals surface area contributed by atoms with E-state index in [-0.39, 0.29) is 5.91 Å². The van der Waals surface area contributed by atoms with E-state index in [4.69, 9.17) is 0 Å². The fourth-order valence-electron chi connectivity index (χ4n) is 2.41. The van der Waals surface area contributed by atoms with Crippen LogP contribution in [0.2, 0.25) is 0 Å². The molecule has 98 valence electrons. The van der Waals surface area contributed by atoms with Crippen LogP contribution in [0.15, 0.2) is 22.7 Å². The summed E-state index contributed by atoms with van der Waals surface area (Å²) in [7, 11) is 0. The van der Waals surface area contributed by atoms with Crippen molar-refractivity contribution in [1.29, 1.82) is 0 Å². The molecule has 0 radical (unpaired) electrons. The average molecular weight is 310 g/mol. The van der Waals surface area contributed by atoms with E-state index in [0.29, 0.717) is 0 Å². The lowest BCUT2D eigenvalue weighted by atomic mass is 10.1. The van der Waals surface area contributed by atoms with E-state index in [2.05, 4.69) is 15.9 Å². The Labute approximate surface area is 117 Å². The molecule has 1 aromatic rings. The Balaban J connectivity index is 2.13. The lowest BCUT2D eigenvalue weighted by molar-refractivity contribution is 0.0741. The van der Waals surface area contributed by atoms with Crippen molar-refractivity contribution in [2.45, 2.75) is 39.0 Å². The maximum atomic E-state index is 12.5. The Hall–Kier alpha value is -0.830. The summed E-state index contributed by atoms with van der Waals surface area (Å²) in [6, 6.07) is 5.94. The quantitative estimate of drug-likeness (QED) is 0.762. The second-order valence-corrected chi connectivity index (χ2v) is 5.90. The maximum Gasteiger partial charge on any atom is 0.254 e. The van der Waals surface area contributed by atoms with Gasteiger partial charge in [0.05, 0.1) is 5.56 Å². The van der Waals surface area contributed by atoms with Crippen LogP contribution in [0.25, 0.3) is 0 Å². The molecule has 1 amide bonds. The molecule has 1 aliphatic heterocycles. The summed E-state index contributed by atoms with van der Waals surface area (Å²) in [6.07, 6.45) is 6.08. The van der Waals surface area contributed by atoms with Gasteiger partial charge >= 0.3 is 0 Å². The highest BCUT2D eigenvalue weighted by molar-refractivity contribution is 9.10. The third-order valence-corrected chi connectivity index (χ3v) is 4.15. The number of amides is 1. The van der Waals surface area contributed by atoms with Crippen LogP contribution in [-0.2, 0) is 0 Å². The highest BCUT2D eigenvalue weighted by atomic mass is 79.9. The van der Waals surface area contributed by atoms with Gasteiger partial charge in [-0.25, -0.2) is 0 Å². The van der Waals surface area contributed by atoms with Gasteiger partial charge in [0.25, 0.3) is 5.91 Å². The lowest BCUT2D eigenvalue weighted by Crippen LogP contribution is -2.34. The number of hydrogen-bond acceptors (Lipinski definition) is 1. The first-order valence-electron chi connectivity index (χ1n) is 6.74. The summed E-state index contributed by atoms with van der Waals surface area (Å²) < 4.78 is 0.912. The molecule has 0 spiro atoms. The van der Waals surface area contributed by atoms with Crippen LogP contribution in [0, 0.1) is 6.92 Å². The molecule has 1 aromatic carbocycles. The lowest BCUT2D eigenvalue weighted by Gasteiger charge is -2.25. The summed E-state index contributed by atoms with van der Waals surface area (Å²) in [6.45, 7) is 3.84. The molecule has 0 atom stereocenters. The standard InChI is InChI=1S/C15H20BrNO/c1-12-7-8-13(14(16)11-12)15(18)17-9-5-3-2-4-6-10-17/h7-8,11H,2-6,9-10H2,1H3. The molecule has 0 bridgehead atoms. The third-order valence-electron chi connectivity index (χ3n) is 3.50. The first kappa shape index (κ1) is 13.6. The molecule has 0 aromatic heterocycles. The van der Waals surface area contributed by atoms with Crippen molar-refractivity contribution < 1.29 is 4.79 Å². The highest BCUT2D eigenvalue weighted by Crippen LogP contribution is 2.21. The van der Waals surface area contributed by atoms with Gasteiger partial charge < -0.3 is 4.90 Å². The van der Waals surface area contributed by atoms with Crippen molar-refractivity contribution in [3.05, 3.63) is 33.8 Å².